The van der Waals surface area contributed by atoms with E-state index in [0.717, 1.165) is 31.5 Å². The van der Waals surface area contributed by atoms with Crippen LogP contribution in [0.2, 0.25) is 0 Å². The van der Waals surface area contributed by atoms with Crippen molar-refractivity contribution in [3.63, 3.8) is 0 Å². The van der Waals surface area contributed by atoms with E-state index in [9.17, 15) is 22.4 Å². The molecular weight excluding hydrogens is 411 g/mol. The van der Waals surface area contributed by atoms with E-state index in [0.29, 0.717) is 19.6 Å². The Bertz CT molecular complexity index is 867. The van der Waals surface area contributed by atoms with Gasteiger partial charge in [-0.05, 0) is 43.7 Å². The lowest BCUT2D eigenvalue weighted by Gasteiger charge is -2.37. The lowest BCUT2D eigenvalue weighted by molar-refractivity contribution is -0.138. The first-order valence-electron chi connectivity index (χ1n) is 10.2. The lowest BCUT2D eigenvalue weighted by Crippen LogP contribution is -2.53. The molecule has 1 atom stereocenters. The molecule has 2 heterocycles. The number of amides is 2. The van der Waals surface area contributed by atoms with E-state index in [1.165, 1.54) is 16.4 Å². The molecule has 1 aromatic rings. The molecule has 8 nitrogen and oxygen atoms in total. The number of likely N-dealkylation sites (tertiary alicyclic amines) is 1. The van der Waals surface area contributed by atoms with Crippen LogP contribution in [0.4, 0.5) is 4.39 Å². The molecule has 0 saturated carbocycles. The molecule has 2 saturated heterocycles. The second-order valence-corrected chi connectivity index (χ2v) is 9.98. The molecule has 0 N–H and O–H groups in total. The van der Waals surface area contributed by atoms with Crippen LogP contribution in [0.3, 0.4) is 0 Å². The number of benzene rings is 1. The van der Waals surface area contributed by atoms with E-state index in [2.05, 4.69) is 0 Å². The van der Waals surface area contributed by atoms with Crippen LogP contribution in [0.25, 0.3) is 0 Å². The molecule has 2 amide bonds. The number of piperidine rings is 1. The van der Waals surface area contributed by atoms with Gasteiger partial charge in [0.15, 0.2) is 0 Å². The molecule has 0 bridgehead atoms. The summed E-state index contributed by atoms with van der Waals surface area (Å²) in [6.45, 7) is 2.62. The standard InChI is InChI=1S/C20H29FN4O4S/c1-22(2)20(27)16-4-3-9-23(14-16)15-19(26)24-10-12-25(13-11-24)30(28,29)18-7-5-17(21)6-8-18/h5-8,16H,3-4,9-15H2,1-2H3. The fourth-order valence-electron chi connectivity index (χ4n) is 3.99. The minimum absolute atomic E-state index is 0.0493. The van der Waals surface area contributed by atoms with Crippen LogP contribution in [0.1, 0.15) is 12.8 Å². The molecule has 0 radical (unpaired) electrons. The summed E-state index contributed by atoms with van der Waals surface area (Å²) in [5, 5.41) is 0. The van der Waals surface area contributed by atoms with E-state index >= 15 is 0 Å². The Labute approximate surface area is 177 Å². The van der Waals surface area contributed by atoms with Gasteiger partial charge in [-0.25, -0.2) is 12.8 Å². The van der Waals surface area contributed by atoms with E-state index in [1.54, 1.807) is 23.9 Å². The zero-order chi connectivity index (χ0) is 21.9. The summed E-state index contributed by atoms with van der Waals surface area (Å²) in [7, 11) is -0.220. The molecule has 0 aliphatic carbocycles. The quantitative estimate of drug-likeness (QED) is 0.665. The van der Waals surface area contributed by atoms with Gasteiger partial charge in [0.25, 0.3) is 0 Å². The zero-order valence-electron chi connectivity index (χ0n) is 17.5. The topological polar surface area (TPSA) is 81.2 Å². The molecule has 10 heteroatoms. The van der Waals surface area contributed by atoms with E-state index in [-0.39, 0.29) is 42.3 Å². The highest BCUT2D eigenvalue weighted by Gasteiger charge is 2.32. The largest absolute Gasteiger partial charge is 0.349 e. The molecule has 3 rings (SSSR count). The second-order valence-electron chi connectivity index (χ2n) is 8.05. The number of hydrogen-bond donors (Lipinski definition) is 0. The Balaban J connectivity index is 1.53. The smallest absolute Gasteiger partial charge is 0.243 e. The van der Waals surface area contributed by atoms with Crippen molar-refractivity contribution in [1.29, 1.82) is 0 Å². The van der Waals surface area contributed by atoms with Crippen LogP contribution >= 0.6 is 0 Å². The maximum absolute atomic E-state index is 13.1. The van der Waals surface area contributed by atoms with Gasteiger partial charge in [0.05, 0.1) is 17.4 Å². The zero-order valence-corrected chi connectivity index (χ0v) is 18.3. The van der Waals surface area contributed by atoms with Gasteiger partial charge in [-0.1, -0.05) is 0 Å². The molecule has 2 aliphatic heterocycles. The van der Waals surface area contributed by atoms with Gasteiger partial charge in [0.2, 0.25) is 21.8 Å². The van der Waals surface area contributed by atoms with Crippen molar-refractivity contribution in [3.05, 3.63) is 30.1 Å². The molecule has 1 unspecified atom stereocenters. The Morgan fingerprint density at radius 1 is 1.07 bits per heavy atom. The number of carbonyl (C=O) groups excluding carboxylic acids is 2. The Hall–Kier alpha value is -2.04. The first-order chi connectivity index (χ1) is 14.2. The number of nitrogens with zero attached hydrogens (tertiary/aromatic N) is 4. The highest BCUT2D eigenvalue weighted by atomic mass is 32.2. The third-order valence-electron chi connectivity index (χ3n) is 5.70. The molecule has 30 heavy (non-hydrogen) atoms. The molecule has 2 aliphatic rings. The van der Waals surface area contributed by atoms with Crippen molar-refractivity contribution >= 4 is 21.8 Å². The predicted octanol–water partition coefficient (Wildman–Crippen LogP) is 0.459. The predicted molar refractivity (Wildman–Crippen MR) is 110 cm³/mol. The highest BCUT2D eigenvalue weighted by molar-refractivity contribution is 7.89. The SMILES string of the molecule is CN(C)C(=O)C1CCCN(CC(=O)N2CCN(S(=O)(=O)c3ccc(F)cc3)CC2)C1. The Morgan fingerprint density at radius 3 is 2.30 bits per heavy atom. The van der Waals surface area contributed by atoms with Crippen molar-refractivity contribution in [3.8, 4) is 0 Å². The molecule has 1 aromatic carbocycles. The summed E-state index contributed by atoms with van der Waals surface area (Å²) in [6.07, 6.45) is 1.71. The van der Waals surface area contributed by atoms with E-state index in [1.807, 2.05) is 4.90 Å². The first kappa shape index (κ1) is 22.6. The minimum Gasteiger partial charge on any atom is -0.349 e. The Morgan fingerprint density at radius 2 is 1.70 bits per heavy atom. The van der Waals surface area contributed by atoms with Gasteiger partial charge in [-0.2, -0.15) is 4.31 Å². The summed E-state index contributed by atoms with van der Waals surface area (Å²) >= 11 is 0. The molecule has 166 valence electrons. The van der Waals surface area contributed by atoms with Gasteiger partial charge in [0, 0.05) is 46.8 Å². The van der Waals surface area contributed by atoms with Crippen molar-refractivity contribution in [1.82, 2.24) is 19.0 Å². The third kappa shape index (κ3) is 5.16. The summed E-state index contributed by atoms with van der Waals surface area (Å²) in [5.41, 5.74) is 0. The summed E-state index contributed by atoms with van der Waals surface area (Å²) in [5.74, 6) is -0.533. The Kier molecular flexibility index (Phi) is 7.10. The monoisotopic (exact) mass is 440 g/mol. The molecule has 0 aromatic heterocycles. The number of sulfonamides is 1. The van der Waals surface area contributed by atoms with Gasteiger partial charge >= 0.3 is 0 Å². The number of carbonyl (C=O) groups is 2. The van der Waals surface area contributed by atoms with Crippen LogP contribution < -0.4 is 0 Å². The third-order valence-corrected chi connectivity index (χ3v) is 7.61. The van der Waals surface area contributed by atoms with Crippen molar-refractivity contribution in [2.45, 2.75) is 17.7 Å². The summed E-state index contributed by atoms with van der Waals surface area (Å²) in [6, 6.07) is 4.76. The number of halogens is 1. The van der Waals surface area contributed by atoms with Gasteiger partial charge < -0.3 is 9.80 Å². The molecule has 0 spiro atoms. The molecular formula is C20H29FN4O4S. The number of piperazine rings is 1. The fourth-order valence-corrected chi connectivity index (χ4v) is 5.41. The van der Waals surface area contributed by atoms with Crippen molar-refractivity contribution in [2.24, 2.45) is 5.92 Å². The van der Waals surface area contributed by atoms with Crippen LogP contribution in [-0.4, -0.2) is 99.1 Å². The maximum Gasteiger partial charge on any atom is 0.243 e. The fraction of sp³-hybridized carbons (Fsp3) is 0.600. The summed E-state index contributed by atoms with van der Waals surface area (Å²) < 4.78 is 39.8. The second kappa shape index (κ2) is 9.40. The number of hydrogen-bond acceptors (Lipinski definition) is 5. The normalized spacial score (nSPS) is 21.4. The van der Waals surface area contributed by atoms with Crippen molar-refractivity contribution < 1.29 is 22.4 Å². The van der Waals surface area contributed by atoms with Crippen LogP contribution in [0, 0.1) is 11.7 Å². The van der Waals surface area contributed by atoms with Gasteiger partial charge in [-0.15, -0.1) is 0 Å². The van der Waals surface area contributed by atoms with E-state index < -0.39 is 15.8 Å². The average molecular weight is 441 g/mol. The lowest BCUT2D eigenvalue weighted by atomic mass is 9.97. The van der Waals surface area contributed by atoms with Crippen LogP contribution in [-0.2, 0) is 19.6 Å². The average Bonchev–Trinajstić information content (AvgIpc) is 2.73. The highest BCUT2D eigenvalue weighted by Crippen LogP contribution is 2.20. The first-order valence-corrected chi connectivity index (χ1v) is 11.6. The van der Waals surface area contributed by atoms with Crippen LogP contribution in [0.15, 0.2) is 29.2 Å². The molecule has 2 fully saturated rings. The van der Waals surface area contributed by atoms with Gasteiger partial charge in [0.1, 0.15) is 5.82 Å². The number of rotatable bonds is 5. The van der Waals surface area contributed by atoms with Crippen molar-refractivity contribution in [2.75, 3.05) is 59.9 Å². The van der Waals surface area contributed by atoms with Gasteiger partial charge in [-0.3, -0.25) is 14.5 Å². The maximum atomic E-state index is 13.1. The summed E-state index contributed by atoms with van der Waals surface area (Å²) in [4.78, 5) is 30.3. The van der Waals surface area contributed by atoms with Crippen LogP contribution in [0.5, 0.6) is 0 Å². The van der Waals surface area contributed by atoms with E-state index in [4.69, 9.17) is 0 Å². The minimum atomic E-state index is -3.70.